The van der Waals surface area contributed by atoms with Crippen molar-refractivity contribution in [2.24, 2.45) is 13.0 Å². The number of hydrogen-bond donors (Lipinski definition) is 2. The van der Waals surface area contributed by atoms with Crippen LogP contribution in [0, 0.1) is 5.92 Å². The van der Waals surface area contributed by atoms with Crippen molar-refractivity contribution < 1.29 is 14.6 Å². The van der Waals surface area contributed by atoms with Gasteiger partial charge >= 0.3 is 6.09 Å². The van der Waals surface area contributed by atoms with E-state index in [9.17, 15) is 9.90 Å². The first-order valence-corrected chi connectivity index (χ1v) is 6.96. The first-order valence-electron chi connectivity index (χ1n) is 6.96. The number of nitrogens with one attached hydrogen (secondary N) is 1. The third-order valence-electron chi connectivity index (χ3n) is 2.97. The molecule has 0 fully saturated rings. The molecule has 0 aliphatic carbocycles. The SMILES string of the molecule is CC(C)CCOC(=O)Nc1c(-c2ccc(O)cn2)nnn1C. The summed E-state index contributed by atoms with van der Waals surface area (Å²) >= 11 is 0. The third kappa shape index (κ3) is 3.94. The number of nitrogens with zero attached hydrogens (tertiary/aromatic N) is 4. The minimum absolute atomic E-state index is 0.0512. The normalized spacial score (nSPS) is 10.7. The van der Waals surface area contributed by atoms with Crippen LogP contribution in [0.1, 0.15) is 20.3 Å². The van der Waals surface area contributed by atoms with Gasteiger partial charge in [0.05, 0.1) is 18.5 Å². The van der Waals surface area contributed by atoms with Crippen LogP contribution in [0.4, 0.5) is 10.6 Å². The lowest BCUT2D eigenvalue weighted by Crippen LogP contribution is -2.17. The number of aryl methyl sites for hydroxylation is 1. The van der Waals surface area contributed by atoms with Crippen LogP contribution in [0.25, 0.3) is 11.4 Å². The van der Waals surface area contributed by atoms with Crippen molar-refractivity contribution in [2.45, 2.75) is 20.3 Å². The molecule has 0 saturated heterocycles. The summed E-state index contributed by atoms with van der Waals surface area (Å²) in [6.45, 7) is 4.46. The van der Waals surface area contributed by atoms with Crippen LogP contribution in [0.3, 0.4) is 0 Å². The zero-order valence-electron chi connectivity index (χ0n) is 12.8. The van der Waals surface area contributed by atoms with E-state index >= 15 is 0 Å². The molecule has 2 N–H and O–H groups in total. The predicted molar refractivity (Wildman–Crippen MR) is 80.3 cm³/mol. The van der Waals surface area contributed by atoms with Crippen molar-refractivity contribution in [2.75, 3.05) is 11.9 Å². The van der Waals surface area contributed by atoms with Crippen molar-refractivity contribution in [3.05, 3.63) is 18.3 Å². The molecule has 0 spiro atoms. The highest BCUT2D eigenvalue weighted by molar-refractivity contribution is 5.88. The number of ether oxygens (including phenoxy) is 1. The van der Waals surface area contributed by atoms with Crippen LogP contribution >= 0.6 is 0 Å². The number of pyridine rings is 1. The lowest BCUT2D eigenvalue weighted by atomic mass is 10.1. The van der Waals surface area contributed by atoms with Crippen LogP contribution in [0.15, 0.2) is 18.3 Å². The van der Waals surface area contributed by atoms with Gasteiger partial charge in [-0.3, -0.25) is 10.3 Å². The zero-order valence-corrected chi connectivity index (χ0v) is 12.8. The molecule has 1 amide bonds. The van der Waals surface area contributed by atoms with Crippen molar-refractivity contribution in [3.8, 4) is 17.1 Å². The van der Waals surface area contributed by atoms with Gasteiger partial charge < -0.3 is 9.84 Å². The molecular formula is C14H19N5O3. The molecule has 2 rings (SSSR count). The average Bonchev–Trinajstić information content (AvgIpc) is 2.81. The Hall–Kier alpha value is -2.64. The molecule has 8 nitrogen and oxygen atoms in total. The lowest BCUT2D eigenvalue weighted by Gasteiger charge is -2.09. The zero-order chi connectivity index (χ0) is 16.1. The Morgan fingerprint density at radius 2 is 2.23 bits per heavy atom. The largest absolute Gasteiger partial charge is 0.506 e. The topological polar surface area (TPSA) is 102 Å². The van der Waals surface area contributed by atoms with Gasteiger partial charge in [0.25, 0.3) is 0 Å². The quantitative estimate of drug-likeness (QED) is 0.877. The van der Waals surface area contributed by atoms with Crippen LogP contribution in [-0.4, -0.2) is 37.8 Å². The van der Waals surface area contributed by atoms with Crippen LogP contribution in [0.2, 0.25) is 0 Å². The second-order valence-corrected chi connectivity index (χ2v) is 5.26. The summed E-state index contributed by atoms with van der Waals surface area (Å²) in [6.07, 6.45) is 1.53. The highest BCUT2D eigenvalue weighted by Crippen LogP contribution is 2.24. The molecule has 0 aromatic carbocycles. The molecule has 2 aromatic rings. The number of aromatic nitrogens is 4. The average molecular weight is 305 g/mol. The molecule has 118 valence electrons. The fourth-order valence-electron chi connectivity index (χ4n) is 1.72. The van der Waals surface area contributed by atoms with E-state index in [-0.39, 0.29) is 5.75 Å². The number of aromatic hydroxyl groups is 1. The molecule has 22 heavy (non-hydrogen) atoms. The van der Waals surface area contributed by atoms with Crippen molar-refractivity contribution >= 4 is 11.9 Å². The van der Waals surface area contributed by atoms with Gasteiger partial charge in [-0.2, -0.15) is 0 Å². The van der Waals surface area contributed by atoms with Crippen LogP contribution in [0.5, 0.6) is 5.75 Å². The predicted octanol–water partition coefficient (Wildman–Crippen LogP) is 2.18. The summed E-state index contributed by atoms with van der Waals surface area (Å²) in [4.78, 5) is 15.9. The van der Waals surface area contributed by atoms with Gasteiger partial charge in [-0.05, 0) is 24.5 Å². The van der Waals surface area contributed by atoms with Crippen LogP contribution in [-0.2, 0) is 11.8 Å². The number of rotatable bonds is 5. The van der Waals surface area contributed by atoms with Crippen LogP contribution < -0.4 is 5.32 Å². The first kappa shape index (κ1) is 15.7. The molecule has 0 saturated carbocycles. The Morgan fingerprint density at radius 1 is 1.45 bits per heavy atom. The molecule has 2 aromatic heterocycles. The monoisotopic (exact) mass is 305 g/mol. The van der Waals surface area contributed by atoms with Crippen molar-refractivity contribution in [1.29, 1.82) is 0 Å². The molecule has 0 bridgehead atoms. The van der Waals surface area contributed by atoms with Gasteiger partial charge in [0.1, 0.15) is 5.75 Å². The minimum Gasteiger partial charge on any atom is -0.506 e. The maximum Gasteiger partial charge on any atom is 0.412 e. The smallest absolute Gasteiger partial charge is 0.412 e. The summed E-state index contributed by atoms with van der Waals surface area (Å²) in [5.74, 6) is 0.894. The molecule has 0 radical (unpaired) electrons. The minimum atomic E-state index is -0.564. The third-order valence-corrected chi connectivity index (χ3v) is 2.97. The summed E-state index contributed by atoms with van der Waals surface area (Å²) < 4.78 is 6.54. The molecule has 2 heterocycles. The van der Waals surface area contributed by atoms with Crippen molar-refractivity contribution in [1.82, 2.24) is 20.0 Å². The van der Waals surface area contributed by atoms with Gasteiger partial charge in [-0.1, -0.05) is 19.1 Å². The van der Waals surface area contributed by atoms with Crippen molar-refractivity contribution in [3.63, 3.8) is 0 Å². The Morgan fingerprint density at radius 3 is 2.86 bits per heavy atom. The summed E-state index contributed by atoms with van der Waals surface area (Å²) in [6, 6.07) is 3.08. The second kappa shape index (κ2) is 6.88. The maximum atomic E-state index is 11.8. The van der Waals surface area contributed by atoms with Gasteiger partial charge in [-0.15, -0.1) is 5.10 Å². The number of carbonyl (C=O) groups is 1. The van der Waals surface area contributed by atoms with E-state index in [2.05, 4.69) is 34.5 Å². The maximum absolute atomic E-state index is 11.8. The van der Waals surface area contributed by atoms with E-state index in [1.807, 2.05) is 0 Å². The molecule has 0 atom stereocenters. The standard InChI is InChI=1S/C14H19N5O3/c1-9(2)6-7-22-14(21)16-13-12(17-18-19(13)3)11-5-4-10(20)8-15-11/h4-5,8-9,20H,6-7H2,1-3H3,(H,16,21). The van der Waals surface area contributed by atoms with E-state index in [4.69, 9.17) is 4.74 Å². The first-order chi connectivity index (χ1) is 10.5. The van der Waals surface area contributed by atoms with Gasteiger partial charge in [0, 0.05) is 7.05 Å². The molecule has 0 aliphatic rings. The number of hydrogen-bond acceptors (Lipinski definition) is 6. The van der Waals surface area contributed by atoms with Gasteiger partial charge in [0.2, 0.25) is 0 Å². The highest BCUT2D eigenvalue weighted by Gasteiger charge is 2.17. The Labute approximate surface area is 128 Å². The Kier molecular flexibility index (Phi) is 4.92. The summed E-state index contributed by atoms with van der Waals surface area (Å²) in [5, 5.41) is 19.7. The van der Waals surface area contributed by atoms with E-state index in [1.165, 1.54) is 16.9 Å². The second-order valence-electron chi connectivity index (χ2n) is 5.26. The molecule has 0 aliphatic heterocycles. The molecule has 8 heteroatoms. The molecular weight excluding hydrogens is 286 g/mol. The van der Waals surface area contributed by atoms with E-state index in [1.54, 1.807) is 13.1 Å². The molecule has 0 unspecified atom stereocenters. The number of anilines is 1. The number of carbonyl (C=O) groups excluding carboxylic acids is 1. The van der Waals surface area contributed by atoms with E-state index < -0.39 is 6.09 Å². The van der Waals surface area contributed by atoms with Gasteiger partial charge in [0.15, 0.2) is 11.5 Å². The summed E-state index contributed by atoms with van der Waals surface area (Å²) in [7, 11) is 1.65. The number of amides is 1. The highest BCUT2D eigenvalue weighted by atomic mass is 16.5. The Bertz CT molecular complexity index is 636. The van der Waals surface area contributed by atoms with E-state index in [0.29, 0.717) is 29.7 Å². The van der Waals surface area contributed by atoms with Gasteiger partial charge in [-0.25, -0.2) is 9.48 Å². The summed E-state index contributed by atoms with van der Waals surface area (Å²) in [5.41, 5.74) is 0.895. The fourth-order valence-corrected chi connectivity index (χ4v) is 1.72. The lowest BCUT2D eigenvalue weighted by molar-refractivity contribution is 0.155. The Balaban J connectivity index is 2.09. The van der Waals surface area contributed by atoms with E-state index in [0.717, 1.165) is 6.42 Å². The fraction of sp³-hybridized carbons (Fsp3) is 0.429.